The fraction of sp³-hybridized carbons (Fsp3) is 0.167. The van der Waals surface area contributed by atoms with Gasteiger partial charge in [-0.2, -0.15) is 0 Å². The highest BCUT2D eigenvalue weighted by atomic mass is 16.6. The third-order valence-corrected chi connectivity index (χ3v) is 4.95. The number of nitrogens with zero attached hydrogens (tertiary/aromatic N) is 1. The van der Waals surface area contributed by atoms with Gasteiger partial charge in [-0.05, 0) is 36.8 Å². The minimum atomic E-state index is -1.34. The summed E-state index contributed by atoms with van der Waals surface area (Å²) >= 11 is 0. The summed E-state index contributed by atoms with van der Waals surface area (Å²) in [6, 6.07) is 17.4. The lowest BCUT2D eigenvalue weighted by atomic mass is 10.1. The number of rotatable bonds is 6. The fourth-order valence-corrected chi connectivity index (χ4v) is 3.34. The van der Waals surface area contributed by atoms with E-state index in [1.54, 1.807) is 49.4 Å². The second-order valence-electron chi connectivity index (χ2n) is 7.32. The van der Waals surface area contributed by atoms with E-state index in [-0.39, 0.29) is 16.9 Å². The van der Waals surface area contributed by atoms with Crippen LogP contribution in [-0.4, -0.2) is 30.0 Å². The van der Waals surface area contributed by atoms with E-state index in [1.807, 2.05) is 0 Å². The van der Waals surface area contributed by atoms with Gasteiger partial charge in [-0.25, -0.2) is 4.79 Å². The molecule has 1 aliphatic rings. The number of aryl methyl sites for hydroxylation is 1. The lowest BCUT2D eigenvalue weighted by molar-refractivity contribution is -0.384. The van der Waals surface area contributed by atoms with Gasteiger partial charge in [0.25, 0.3) is 11.6 Å². The Kier molecular flexibility index (Phi) is 6.21. The SMILES string of the molecule is Cc1ccc(NC(=O)[C@@H](OC(=O)c2ccc3c(c2)OCCO3)c2ccccc2)c([N+](=O)[O-])c1. The molecule has 3 aromatic carbocycles. The zero-order valence-corrected chi connectivity index (χ0v) is 17.6. The van der Waals surface area contributed by atoms with E-state index in [0.29, 0.717) is 35.8 Å². The molecule has 0 radical (unpaired) electrons. The lowest BCUT2D eigenvalue weighted by Gasteiger charge is -2.20. The smallest absolute Gasteiger partial charge is 0.339 e. The first-order valence-electron chi connectivity index (χ1n) is 10.1. The van der Waals surface area contributed by atoms with Gasteiger partial charge < -0.3 is 19.5 Å². The normalized spacial score (nSPS) is 13.0. The maximum Gasteiger partial charge on any atom is 0.339 e. The average Bonchev–Trinajstić information content (AvgIpc) is 2.83. The van der Waals surface area contributed by atoms with Gasteiger partial charge in [0.2, 0.25) is 6.10 Å². The summed E-state index contributed by atoms with van der Waals surface area (Å²) in [6.45, 7) is 2.48. The van der Waals surface area contributed by atoms with Crippen LogP contribution in [-0.2, 0) is 9.53 Å². The number of nitro benzene ring substituents is 1. The molecular formula is C24H20N2O7. The Balaban J connectivity index is 1.60. The number of amides is 1. The van der Waals surface area contributed by atoms with Crippen LogP contribution in [0.1, 0.15) is 27.6 Å². The molecule has 33 heavy (non-hydrogen) atoms. The van der Waals surface area contributed by atoms with Crippen LogP contribution in [0.25, 0.3) is 0 Å². The summed E-state index contributed by atoms with van der Waals surface area (Å²) < 4.78 is 16.5. The Hall–Kier alpha value is -4.40. The number of carbonyl (C=O) groups is 2. The molecule has 1 heterocycles. The minimum Gasteiger partial charge on any atom is -0.486 e. The van der Waals surface area contributed by atoms with E-state index < -0.39 is 22.9 Å². The van der Waals surface area contributed by atoms with Crippen molar-refractivity contribution in [2.75, 3.05) is 18.5 Å². The van der Waals surface area contributed by atoms with Gasteiger partial charge in [0.15, 0.2) is 11.5 Å². The number of hydrogen-bond donors (Lipinski definition) is 1. The van der Waals surface area contributed by atoms with Gasteiger partial charge in [-0.15, -0.1) is 0 Å². The van der Waals surface area contributed by atoms with Gasteiger partial charge >= 0.3 is 5.97 Å². The van der Waals surface area contributed by atoms with E-state index in [9.17, 15) is 19.7 Å². The topological polar surface area (TPSA) is 117 Å². The quantitative estimate of drug-likeness (QED) is 0.341. The molecule has 0 spiro atoms. The molecule has 1 amide bonds. The summed E-state index contributed by atoms with van der Waals surface area (Å²) in [5, 5.41) is 13.9. The predicted molar refractivity (Wildman–Crippen MR) is 118 cm³/mol. The maximum absolute atomic E-state index is 13.1. The molecule has 0 aromatic heterocycles. The Labute approximate surface area is 189 Å². The zero-order chi connectivity index (χ0) is 23.4. The second kappa shape index (κ2) is 9.39. The minimum absolute atomic E-state index is 0.00640. The summed E-state index contributed by atoms with van der Waals surface area (Å²) in [5.74, 6) is -0.554. The van der Waals surface area contributed by atoms with Crippen LogP contribution in [0.4, 0.5) is 11.4 Å². The van der Waals surface area contributed by atoms with Crippen molar-refractivity contribution in [2.24, 2.45) is 0 Å². The highest BCUT2D eigenvalue weighted by Crippen LogP contribution is 2.32. The van der Waals surface area contributed by atoms with E-state index in [4.69, 9.17) is 14.2 Å². The van der Waals surface area contributed by atoms with E-state index in [0.717, 1.165) is 0 Å². The number of hydrogen-bond acceptors (Lipinski definition) is 7. The second-order valence-corrected chi connectivity index (χ2v) is 7.32. The molecule has 0 saturated carbocycles. The highest BCUT2D eigenvalue weighted by molar-refractivity contribution is 5.99. The fourth-order valence-electron chi connectivity index (χ4n) is 3.34. The van der Waals surface area contributed by atoms with Crippen LogP contribution in [0.3, 0.4) is 0 Å². The molecule has 0 fully saturated rings. The average molecular weight is 448 g/mol. The number of benzene rings is 3. The predicted octanol–water partition coefficient (Wildman–Crippen LogP) is 4.21. The van der Waals surface area contributed by atoms with Crippen LogP contribution in [0.5, 0.6) is 11.5 Å². The molecule has 0 bridgehead atoms. The molecule has 0 unspecified atom stereocenters. The van der Waals surface area contributed by atoms with Crippen molar-refractivity contribution in [1.82, 2.24) is 0 Å². The van der Waals surface area contributed by atoms with Crippen LogP contribution in [0.15, 0.2) is 66.7 Å². The van der Waals surface area contributed by atoms with Gasteiger partial charge in [-0.1, -0.05) is 36.4 Å². The molecule has 168 valence electrons. The summed E-state index contributed by atoms with van der Waals surface area (Å²) in [4.78, 5) is 36.8. The molecule has 1 aliphatic heterocycles. The monoisotopic (exact) mass is 448 g/mol. The third-order valence-electron chi connectivity index (χ3n) is 4.95. The Morgan fingerprint density at radius 3 is 2.45 bits per heavy atom. The molecule has 9 nitrogen and oxygen atoms in total. The first-order chi connectivity index (χ1) is 15.9. The van der Waals surface area contributed by atoms with Gasteiger partial charge in [0.1, 0.15) is 18.9 Å². The van der Waals surface area contributed by atoms with Gasteiger partial charge in [0.05, 0.1) is 10.5 Å². The Morgan fingerprint density at radius 1 is 1.00 bits per heavy atom. The Morgan fingerprint density at radius 2 is 1.73 bits per heavy atom. The van der Waals surface area contributed by atoms with Crippen molar-refractivity contribution in [3.8, 4) is 11.5 Å². The molecule has 1 atom stereocenters. The largest absolute Gasteiger partial charge is 0.486 e. The number of nitrogens with one attached hydrogen (secondary N) is 1. The van der Waals surface area contributed by atoms with Crippen LogP contribution < -0.4 is 14.8 Å². The van der Waals surface area contributed by atoms with Crippen molar-refractivity contribution in [2.45, 2.75) is 13.0 Å². The van der Waals surface area contributed by atoms with Crippen molar-refractivity contribution in [3.63, 3.8) is 0 Å². The third kappa shape index (κ3) is 4.93. The lowest BCUT2D eigenvalue weighted by Crippen LogP contribution is -2.26. The Bertz CT molecular complexity index is 1210. The standard InChI is InChI=1S/C24H20N2O7/c1-15-7-9-18(19(13-15)26(29)30)25-23(27)22(16-5-3-2-4-6-16)33-24(28)17-8-10-20-21(14-17)32-12-11-31-20/h2-10,13-14,22H,11-12H2,1H3,(H,25,27)/t22-/m0/s1. The van der Waals surface area contributed by atoms with E-state index in [1.165, 1.54) is 24.3 Å². The zero-order valence-electron chi connectivity index (χ0n) is 17.6. The van der Waals surface area contributed by atoms with Gasteiger partial charge in [-0.3, -0.25) is 14.9 Å². The molecule has 0 saturated heterocycles. The van der Waals surface area contributed by atoms with Gasteiger partial charge in [0, 0.05) is 11.6 Å². The summed E-state index contributed by atoms with van der Waals surface area (Å²) in [7, 11) is 0. The number of anilines is 1. The van der Waals surface area contributed by atoms with Crippen LogP contribution >= 0.6 is 0 Å². The van der Waals surface area contributed by atoms with Crippen LogP contribution in [0.2, 0.25) is 0 Å². The number of nitro groups is 1. The molecule has 9 heteroatoms. The highest BCUT2D eigenvalue weighted by Gasteiger charge is 2.28. The molecule has 0 aliphatic carbocycles. The van der Waals surface area contributed by atoms with Crippen molar-refractivity contribution >= 4 is 23.3 Å². The first kappa shape index (κ1) is 21.8. The van der Waals surface area contributed by atoms with Crippen LogP contribution in [0, 0.1) is 17.0 Å². The summed E-state index contributed by atoms with van der Waals surface area (Å²) in [6.07, 6.45) is -1.34. The molecule has 4 rings (SSSR count). The number of ether oxygens (including phenoxy) is 3. The number of esters is 1. The van der Waals surface area contributed by atoms with E-state index in [2.05, 4.69) is 5.32 Å². The number of carbonyl (C=O) groups excluding carboxylic acids is 2. The summed E-state index contributed by atoms with van der Waals surface area (Å²) in [5.41, 5.74) is 1.01. The molecular weight excluding hydrogens is 428 g/mol. The van der Waals surface area contributed by atoms with Crippen molar-refractivity contribution < 1.29 is 28.7 Å². The van der Waals surface area contributed by atoms with Crippen molar-refractivity contribution in [3.05, 3.63) is 93.5 Å². The van der Waals surface area contributed by atoms with E-state index >= 15 is 0 Å². The first-order valence-corrected chi connectivity index (χ1v) is 10.1. The molecule has 1 N–H and O–H groups in total. The number of fused-ring (bicyclic) bond motifs is 1. The van der Waals surface area contributed by atoms with Crippen molar-refractivity contribution in [1.29, 1.82) is 0 Å². The maximum atomic E-state index is 13.1. The molecule has 3 aromatic rings.